The van der Waals surface area contributed by atoms with Crippen molar-refractivity contribution < 1.29 is 14.1 Å². The maximum absolute atomic E-state index is 11.8. The summed E-state index contributed by atoms with van der Waals surface area (Å²) in [6.07, 6.45) is 1.06. The fraction of sp³-hybridized carbons (Fsp3) is 0.467. The molecule has 5 heteroatoms. The highest BCUT2D eigenvalue weighted by Crippen LogP contribution is 2.20. The summed E-state index contributed by atoms with van der Waals surface area (Å²) in [5.74, 6) is -0.0433. The number of fused-ring (bicyclic) bond motifs is 1. The molecule has 0 atom stereocenters. The van der Waals surface area contributed by atoms with Crippen LogP contribution in [0.3, 0.4) is 0 Å². The zero-order valence-corrected chi connectivity index (χ0v) is 11.9. The zero-order valence-electron chi connectivity index (χ0n) is 11.9. The summed E-state index contributed by atoms with van der Waals surface area (Å²) in [5.41, 5.74) is 2.53. The Morgan fingerprint density at radius 2 is 2.30 bits per heavy atom. The average molecular weight is 276 g/mol. The van der Waals surface area contributed by atoms with Crippen LogP contribution in [-0.2, 0) is 16.0 Å². The summed E-state index contributed by atoms with van der Waals surface area (Å²) in [5, 5.41) is 7.74. The minimum absolute atomic E-state index is 0.0433. The topological polar surface area (TPSA) is 64.4 Å². The molecule has 0 bridgehead atoms. The molecule has 0 aliphatic carbocycles. The van der Waals surface area contributed by atoms with Crippen LogP contribution in [0, 0.1) is 6.92 Å². The van der Waals surface area contributed by atoms with Gasteiger partial charge in [-0.3, -0.25) is 4.79 Å². The van der Waals surface area contributed by atoms with Crippen LogP contribution in [-0.4, -0.2) is 30.8 Å². The molecule has 108 valence electrons. The van der Waals surface area contributed by atoms with Gasteiger partial charge < -0.3 is 14.6 Å². The molecular formula is C15H20N2O3. The van der Waals surface area contributed by atoms with Crippen molar-refractivity contribution in [2.75, 3.05) is 19.8 Å². The number of nitrogens with one attached hydrogen (secondary N) is 1. The Morgan fingerprint density at radius 1 is 1.45 bits per heavy atom. The first kappa shape index (κ1) is 14.5. The van der Waals surface area contributed by atoms with Gasteiger partial charge in [-0.25, -0.2) is 0 Å². The minimum Gasteiger partial charge on any atom is -0.382 e. The molecule has 1 heterocycles. The molecule has 1 N–H and O–H groups in total. The third-order valence-corrected chi connectivity index (χ3v) is 3.02. The van der Waals surface area contributed by atoms with Gasteiger partial charge >= 0.3 is 0 Å². The van der Waals surface area contributed by atoms with E-state index < -0.39 is 0 Å². The lowest BCUT2D eigenvalue weighted by Crippen LogP contribution is -2.27. The maximum Gasteiger partial charge on any atom is 0.226 e. The Balaban J connectivity index is 1.88. The van der Waals surface area contributed by atoms with E-state index >= 15 is 0 Å². The van der Waals surface area contributed by atoms with E-state index in [1.165, 1.54) is 0 Å². The van der Waals surface area contributed by atoms with E-state index in [1.807, 2.05) is 32.0 Å². The summed E-state index contributed by atoms with van der Waals surface area (Å²) in [6, 6.07) is 5.83. The standard InChI is InChI=1S/C15H20N2O3/c1-3-19-8-4-7-16-15(18)10-13-12-9-11(2)5-6-14(12)20-17-13/h5-6,9H,3-4,7-8,10H2,1-2H3,(H,16,18). The lowest BCUT2D eigenvalue weighted by Gasteiger charge is -2.04. The van der Waals surface area contributed by atoms with Crippen LogP contribution in [0.2, 0.25) is 0 Å². The molecule has 1 aromatic heterocycles. The Kier molecular flexibility index (Phi) is 5.12. The van der Waals surface area contributed by atoms with Crippen molar-refractivity contribution in [3.05, 3.63) is 29.5 Å². The lowest BCUT2D eigenvalue weighted by molar-refractivity contribution is -0.120. The number of rotatable bonds is 7. The van der Waals surface area contributed by atoms with E-state index in [0.29, 0.717) is 25.5 Å². The van der Waals surface area contributed by atoms with Gasteiger partial charge in [0.1, 0.15) is 5.69 Å². The van der Waals surface area contributed by atoms with E-state index in [2.05, 4.69) is 10.5 Å². The van der Waals surface area contributed by atoms with Crippen LogP contribution in [0.5, 0.6) is 0 Å². The van der Waals surface area contributed by atoms with Crippen molar-refractivity contribution in [3.8, 4) is 0 Å². The maximum atomic E-state index is 11.8. The molecule has 2 rings (SSSR count). The van der Waals surface area contributed by atoms with Gasteiger partial charge in [0.2, 0.25) is 5.91 Å². The number of amides is 1. The second-order valence-corrected chi connectivity index (χ2v) is 4.71. The van der Waals surface area contributed by atoms with Crippen molar-refractivity contribution in [2.24, 2.45) is 0 Å². The van der Waals surface area contributed by atoms with Gasteiger partial charge in [-0.1, -0.05) is 16.8 Å². The first-order valence-corrected chi connectivity index (χ1v) is 6.90. The quantitative estimate of drug-likeness (QED) is 0.788. The number of hydrogen-bond acceptors (Lipinski definition) is 4. The van der Waals surface area contributed by atoms with Gasteiger partial charge in [-0.15, -0.1) is 0 Å². The monoisotopic (exact) mass is 276 g/mol. The molecule has 0 saturated heterocycles. The van der Waals surface area contributed by atoms with Crippen molar-refractivity contribution in [2.45, 2.75) is 26.7 Å². The second-order valence-electron chi connectivity index (χ2n) is 4.71. The SMILES string of the molecule is CCOCCCNC(=O)Cc1noc2ccc(C)cc12. The largest absolute Gasteiger partial charge is 0.382 e. The first-order chi connectivity index (χ1) is 9.70. The van der Waals surface area contributed by atoms with Crippen molar-refractivity contribution in [1.29, 1.82) is 0 Å². The number of aryl methyl sites for hydroxylation is 1. The normalized spacial score (nSPS) is 10.9. The Hall–Kier alpha value is -1.88. The number of carbonyl (C=O) groups excluding carboxylic acids is 1. The highest BCUT2D eigenvalue weighted by molar-refractivity contribution is 5.86. The molecule has 0 spiro atoms. The lowest BCUT2D eigenvalue weighted by atomic mass is 10.1. The van der Waals surface area contributed by atoms with E-state index in [9.17, 15) is 4.79 Å². The molecule has 0 radical (unpaired) electrons. The minimum atomic E-state index is -0.0433. The highest BCUT2D eigenvalue weighted by atomic mass is 16.5. The first-order valence-electron chi connectivity index (χ1n) is 6.90. The van der Waals surface area contributed by atoms with E-state index in [-0.39, 0.29) is 12.3 Å². The van der Waals surface area contributed by atoms with Crippen LogP contribution in [0.1, 0.15) is 24.6 Å². The fourth-order valence-corrected chi connectivity index (χ4v) is 1.99. The van der Waals surface area contributed by atoms with Crippen LogP contribution < -0.4 is 5.32 Å². The number of nitrogens with zero attached hydrogens (tertiary/aromatic N) is 1. The van der Waals surface area contributed by atoms with E-state index in [1.54, 1.807) is 0 Å². The van der Waals surface area contributed by atoms with E-state index in [0.717, 1.165) is 23.0 Å². The third kappa shape index (κ3) is 3.81. The van der Waals surface area contributed by atoms with Crippen molar-refractivity contribution in [1.82, 2.24) is 10.5 Å². The zero-order chi connectivity index (χ0) is 14.4. The Morgan fingerprint density at radius 3 is 3.10 bits per heavy atom. The average Bonchev–Trinajstić information content (AvgIpc) is 2.81. The predicted molar refractivity (Wildman–Crippen MR) is 76.6 cm³/mol. The van der Waals surface area contributed by atoms with Crippen LogP contribution in [0.15, 0.2) is 22.7 Å². The van der Waals surface area contributed by atoms with Crippen molar-refractivity contribution in [3.63, 3.8) is 0 Å². The molecule has 0 fully saturated rings. The number of hydrogen-bond donors (Lipinski definition) is 1. The summed E-state index contributed by atoms with van der Waals surface area (Å²) in [7, 11) is 0. The van der Waals surface area contributed by atoms with Crippen LogP contribution in [0.4, 0.5) is 0 Å². The fourth-order valence-electron chi connectivity index (χ4n) is 1.99. The molecule has 2 aromatic rings. The van der Waals surface area contributed by atoms with Crippen LogP contribution >= 0.6 is 0 Å². The molecule has 1 amide bonds. The summed E-state index contributed by atoms with van der Waals surface area (Å²) in [4.78, 5) is 11.8. The Bertz CT molecular complexity index is 578. The van der Waals surface area contributed by atoms with Gasteiger partial charge in [-0.05, 0) is 32.4 Å². The van der Waals surface area contributed by atoms with E-state index in [4.69, 9.17) is 9.26 Å². The van der Waals surface area contributed by atoms with Crippen LogP contribution in [0.25, 0.3) is 11.0 Å². The molecule has 0 unspecified atom stereocenters. The van der Waals surface area contributed by atoms with Gasteiger partial charge in [-0.2, -0.15) is 0 Å². The number of ether oxygens (including phenoxy) is 1. The second kappa shape index (κ2) is 7.05. The molecule has 5 nitrogen and oxygen atoms in total. The van der Waals surface area contributed by atoms with Gasteiger partial charge in [0, 0.05) is 25.1 Å². The highest BCUT2D eigenvalue weighted by Gasteiger charge is 2.12. The molecule has 0 aliphatic rings. The summed E-state index contributed by atoms with van der Waals surface area (Å²) >= 11 is 0. The molecule has 0 saturated carbocycles. The predicted octanol–water partition coefficient (Wildman–Crippen LogP) is 2.22. The number of carbonyl (C=O) groups is 1. The molecular weight excluding hydrogens is 256 g/mol. The number of aromatic nitrogens is 1. The molecule has 20 heavy (non-hydrogen) atoms. The third-order valence-electron chi connectivity index (χ3n) is 3.02. The molecule has 1 aromatic carbocycles. The number of benzene rings is 1. The summed E-state index contributed by atoms with van der Waals surface area (Å²) in [6.45, 7) is 5.95. The van der Waals surface area contributed by atoms with Gasteiger partial charge in [0.15, 0.2) is 5.58 Å². The van der Waals surface area contributed by atoms with Gasteiger partial charge in [0.05, 0.1) is 6.42 Å². The Labute approximate surface area is 118 Å². The summed E-state index contributed by atoms with van der Waals surface area (Å²) < 4.78 is 10.4. The smallest absolute Gasteiger partial charge is 0.226 e. The van der Waals surface area contributed by atoms with Crippen molar-refractivity contribution >= 4 is 16.9 Å². The van der Waals surface area contributed by atoms with Gasteiger partial charge in [0.25, 0.3) is 0 Å². The molecule has 0 aliphatic heterocycles.